The quantitative estimate of drug-likeness (QED) is 0.619. The number of carbonyl (C=O) groups excluding carboxylic acids is 1. The first-order chi connectivity index (χ1) is 13.1. The highest BCUT2D eigenvalue weighted by molar-refractivity contribution is 5.77. The van der Waals surface area contributed by atoms with Gasteiger partial charge in [-0.15, -0.1) is 0 Å². The normalized spacial score (nSPS) is 11.8. The molecule has 1 amide bonds. The number of aryl methyl sites for hydroxylation is 2. The lowest BCUT2D eigenvalue weighted by Crippen LogP contribution is -2.29. The second-order valence-electron chi connectivity index (χ2n) is 6.38. The summed E-state index contributed by atoms with van der Waals surface area (Å²) in [5.41, 5.74) is 4.06. The number of nitrogens with zero attached hydrogens (tertiary/aromatic N) is 2. The maximum atomic E-state index is 12.5. The number of nitrogens with one attached hydrogen (secondary N) is 1. The summed E-state index contributed by atoms with van der Waals surface area (Å²) in [4.78, 5) is 12.5. The van der Waals surface area contributed by atoms with Crippen LogP contribution in [0.1, 0.15) is 34.7 Å². The topological polar surface area (TPSA) is 77.2 Å². The van der Waals surface area contributed by atoms with Crippen LogP contribution in [0.4, 0.5) is 0 Å². The van der Waals surface area contributed by atoms with Crippen LogP contribution >= 0.6 is 0 Å². The Balaban J connectivity index is 1.61. The number of aromatic nitrogens is 2. The minimum Gasteiger partial charge on any atom is -0.472 e. The van der Waals surface area contributed by atoms with E-state index in [-0.39, 0.29) is 11.8 Å². The Labute approximate surface area is 158 Å². The van der Waals surface area contributed by atoms with Gasteiger partial charge in [0, 0.05) is 12.3 Å². The molecule has 0 fully saturated rings. The summed E-state index contributed by atoms with van der Waals surface area (Å²) in [5.74, 6) is 0.340. The van der Waals surface area contributed by atoms with Crippen LogP contribution in [0.3, 0.4) is 0 Å². The molecule has 0 spiro atoms. The number of hydrogen-bond acceptors (Lipinski definition) is 5. The molecule has 1 N–H and O–H groups in total. The molecule has 6 nitrogen and oxygen atoms in total. The van der Waals surface area contributed by atoms with E-state index in [1.54, 1.807) is 6.92 Å². The van der Waals surface area contributed by atoms with Gasteiger partial charge in [-0.05, 0) is 35.7 Å². The van der Waals surface area contributed by atoms with Crippen LogP contribution in [0.5, 0.6) is 5.88 Å². The van der Waals surface area contributed by atoms with E-state index >= 15 is 0 Å². The first-order valence-electron chi connectivity index (χ1n) is 8.94. The van der Waals surface area contributed by atoms with Crippen LogP contribution in [0.15, 0.2) is 59.2 Å². The third kappa shape index (κ3) is 4.94. The molecule has 140 valence electrons. The molecule has 0 aliphatic rings. The van der Waals surface area contributed by atoms with Gasteiger partial charge in [0.15, 0.2) is 0 Å². The van der Waals surface area contributed by atoms with Crippen molar-refractivity contribution in [1.82, 2.24) is 15.6 Å². The number of rotatable bonds is 8. The van der Waals surface area contributed by atoms with E-state index in [4.69, 9.17) is 4.74 Å². The predicted octanol–water partition coefficient (Wildman–Crippen LogP) is 3.40. The van der Waals surface area contributed by atoms with Crippen LogP contribution in [0.2, 0.25) is 0 Å². The number of hydrogen-bond donors (Lipinski definition) is 1. The van der Waals surface area contributed by atoms with Crippen molar-refractivity contribution < 1.29 is 14.2 Å². The minimum absolute atomic E-state index is 0.00954. The van der Waals surface area contributed by atoms with Crippen molar-refractivity contribution in [2.24, 2.45) is 0 Å². The van der Waals surface area contributed by atoms with Crippen molar-refractivity contribution in [1.29, 1.82) is 0 Å². The van der Waals surface area contributed by atoms with Gasteiger partial charge >= 0.3 is 0 Å². The van der Waals surface area contributed by atoms with E-state index in [1.165, 1.54) is 11.1 Å². The third-order valence-corrected chi connectivity index (χ3v) is 4.43. The van der Waals surface area contributed by atoms with Gasteiger partial charge in [0.25, 0.3) is 5.88 Å². The fourth-order valence-corrected chi connectivity index (χ4v) is 3.02. The smallest absolute Gasteiger partial charge is 0.278 e. The standard InChI is InChI=1S/C21H23N3O3/c1-15-8-6-7-11-18(15)19(17-9-4-3-5-10-17)14-20(25)22-12-13-26-21-16(2)23-27-24-21/h3-11,19H,12-14H2,1-2H3,(H,22,25). The second-order valence-corrected chi connectivity index (χ2v) is 6.38. The average molecular weight is 365 g/mol. The van der Waals surface area contributed by atoms with Crippen molar-refractivity contribution in [3.05, 3.63) is 77.0 Å². The summed E-state index contributed by atoms with van der Waals surface area (Å²) in [7, 11) is 0. The summed E-state index contributed by atoms with van der Waals surface area (Å²) in [6, 6.07) is 18.3. The molecule has 0 saturated heterocycles. The Hall–Kier alpha value is -3.15. The zero-order valence-corrected chi connectivity index (χ0v) is 15.5. The summed E-state index contributed by atoms with van der Waals surface area (Å²) >= 11 is 0. The molecule has 6 heteroatoms. The molecule has 1 unspecified atom stereocenters. The SMILES string of the molecule is Cc1ccccc1C(CC(=O)NCCOc1nonc1C)c1ccccc1. The van der Waals surface area contributed by atoms with E-state index in [9.17, 15) is 4.79 Å². The third-order valence-electron chi connectivity index (χ3n) is 4.43. The zero-order valence-electron chi connectivity index (χ0n) is 15.5. The highest BCUT2D eigenvalue weighted by Gasteiger charge is 2.19. The van der Waals surface area contributed by atoms with Crippen LogP contribution in [-0.4, -0.2) is 29.4 Å². The average Bonchev–Trinajstić information content (AvgIpc) is 3.09. The van der Waals surface area contributed by atoms with Gasteiger partial charge < -0.3 is 10.1 Å². The molecule has 0 bridgehead atoms. The molecule has 3 aromatic rings. The van der Waals surface area contributed by atoms with E-state index in [0.717, 1.165) is 5.56 Å². The van der Waals surface area contributed by atoms with Crippen LogP contribution in [-0.2, 0) is 4.79 Å². The molecule has 0 radical (unpaired) electrons. The van der Waals surface area contributed by atoms with Gasteiger partial charge in [-0.25, -0.2) is 4.63 Å². The van der Waals surface area contributed by atoms with Crippen molar-refractivity contribution in [2.75, 3.05) is 13.2 Å². The Morgan fingerprint density at radius 2 is 1.81 bits per heavy atom. The molecular weight excluding hydrogens is 342 g/mol. The Kier molecular flexibility index (Phi) is 6.20. The van der Waals surface area contributed by atoms with E-state index < -0.39 is 0 Å². The molecule has 3 rings (SSSR count). The molecule has 27 heavy (non-hydrogen) atoms. The maximum absolute atomic E-state index is 12.5. The van der Waals surface area contributed by atoms with Gasteiger partial charge in [0.2, 0.25) is 5.91 Å². The molecule has 1 aromatic heterocycles. The van der Waals surface area contributed by atoms with Gasteiger partial charge in [-0.2, -0.15) is 0 Å². The van der Waals surface area contributed by atoms with E-state index in [1.807, 2.05) is 30.3 Å². The number of ether oxygens (including phenoxy) is 1. The van der Waals surface area contributed by atoms with Crippen molar-refractivity contribution >= 4 is 5.91 Å². The van der Waals surface area contributed by atoms with Gasteiger partial charge in [0.1, 0.15) is 12.3 Å². The summed E-state index contributed by atoms with van der Waals surface area (Å²) in [6.45, 7) is 4.52. The Morgan fingerprint density at radius 3 is 2.52 bits per heavy atom. The van der Waals surface area contributed by atoms with Gasteiger partial charge in [-0.3, -0.25) is 4.79 Å². The van der Waals surface area contributed by atoms with Gasteiger partial charge in [0.05, 0.1) is 6.54 Å². The highest BCUT2D eigenvalue weighted by atomic mass is 16.6. The lowest BCUT2D eigenvalue weighted by Gasteiger charge is -2.20. The largest absolute Gasteiger partial charge is 0.472 e. The molecule has 0 saturated carbocycles. The second kappa shape index (κ2) is 8.98. The van der Waals surface area contributed by atoms with Crippen molar-refractivity contribution in [2.45, 2.75) is 26.2 Å². The summed E-state index contributed by atoms with van der Waals surface area (Å²) < 4.78 is 10.0. The minimum atomic E-state index is -0.0225. The monoisotopic (exact) mass is 365 g/mol. The van der Waals surface area contributed by atoms with Crippen LogP contribution in [0, 0.1) is 13.8 Å². The zero-order chi connectivity index (χ0) is 19.1. The van der Waals surface area contributed by atoms with Crippen molar-refractivity contribution in [3.8, 4) is 5.88 Å². The molecule has 1 atom stereocenters. The van der Waals surface area contributed by atoms with Crippen LogP contribution < -0.4 is 10.1 Å². The predicted molar refractivity (Wildman–Crippen MR) is 102 cm³/mol. The van der Waals surface area contributed by atoms with Gasteiger partial charge in [-0.1, -0.05) is 59.8 Å². The molecule has 0 aliphatic carbocycles. The molecule has 0 aliphatic heterocycles. The fourth-order valence-electron chi connectivity index (χ4n) is 3.02. The first-order valence-corrected chi connectivity index (χ1v) is 8.94. The summed E-state index contributed by atoms with van der Waals surface area (Å²) in [5, 5.41) is 10.2. The Morgan fingerprint density at radius 1 is 1.07 bits per heavy atom. The molecule has 2 aromatic carbocycles. The lowest BCUT2D eigenvalue weighted by molar-refractivity contribution is -0.121. The first kappa shape index (κ1) is 18.6. The van der Waals surface area contributed by atoms with E-state index in [0.29, 0.717) is 31.1 Å². The number of amides is 1. The lowest BCUT2D eigenvalue weighted by atomic mass is 9.86. The maximum Gasteiger partial charge on any atom is 0.278 e. The highest BCUT2D eigenvalue weighted by Crippen LogP contribution is 2.30. The Bertz CT molecular complexity index is 877. The summed E-state index contributed by atoms with van der Waals surface area (Å²) in [6.07, 6.45) is 0.374. The van der Waals surface area contributed by atoms with Crippen LogP contribution in [0.25, 0.3) is 0 Å². The number of benzene rings is 2. The molecular formula is C21H23N3O3. The molecule has 1 heterocycles. The van der Waals surface area contributed by atoms with E-state index in [2.05, 4.69) is 51.4 Å². The number of carbonyl (C=O) groups is 1. The van der Waals surface area contributed by atoms with Crippen molar-refractivity contribution in [3.63, 3.8) is 0 Å². The fraction of sp³-hybridized carbons (Fsp3) is 0.286.